The summed E-state index contributed by atoms with van der Waals surface area (Å²) < 4.78 is 0. The van der Waals surface area contributed by atoms with Crippen molar-refractivity contribution in [2.75, 3.05) is 0 Å². The number of benzene rings is 1. The van der Waals surface area contributed by atoms with Crippen LogP contribution in [0.1, 0.15) is 44.7 Å². The van der Waals surface area contributed by atoms with Crippen molar-refractivity contribution >= 4 is 0 Å². The second kappa shape index (κ2) is 7.95. The van der Waals surface area contributed by atoms with Gasteiger partial charge in [0.15, 0.2) is 0 Å². The lowest BCUT2D eigenvalue weighted by Crippen LogP contribution is -2.26. The number of terminal acetylenes is 1. The van der Waals surface area contributed by atoms with E-state index in [9.17, 15) is 0 Å². The van der Waals surface area contributed by atoms with Gasteiger partial charge in [-0.2, -0.15) is 0 Å². The molecule has 1 rings (SSSR count). The molecule has 0 saturated heterocycles. The van der Waals surface area contributed by atoms with Crippen LogP contribution in [0, 0.1) is 18.3 Å². The molecule has 0 heterocycles. The predicted octanol–water partition coefficient (Wildman–Crippen LogP) is 3.78. The molecule has 0 radical (unpaired) electrons. The van der Waals surface area contributed by atoms with Crippen LogP contribution in [-0.2, 0) is 13.0 Å². The second-order valence-electron chi connectivity index (χ2n) is 5.30. The zero-order chi connectivity index (χ0) is 13.4. The summed E-state index contributed by atoms with van der Waals surface area (Å²) in [6.45, 7) is 7.51. The van der Waals surface area contributed by atoms with E-state index in [1.165, 1.54) is 11.1 Å². The van der Waals surface area contributed by atoms with Gasteiger partial charge in [-0.25, -0.2) is 0 Å². The minimum absolute atomic E-state index is 0.199. The van der Waals surface area contributed by atoms with Gasteiger partial charge < -0.3 is 0 Å². The van der Waals surface area contributed by atoms with E-state index in [0.717, 1.165) is 25.8 Å². The summed E-state index contributed by atoms with van der Waals surface area (Å²) >= 11 is 0. The Morgan fingerprint density at radius 1 is 1.17 bits per heavy atom. The number of nitrogens with one attached hydrogen (secondary N) is 1. The van der Waals surface area contributed by atoms with Crippen molar-refractivity contribution in [3.05, 3.63) is 35.4 Å². The summed E-state index contributed by atoms with van der Waals surface area (Å²) in [6, 6.07) is 9.04. The molecule has 1 N–H and O–H groups in total. The van der Waals surface area contributed by atoms with Crippen LogP contribution < -0.4 is 5.32 Å². The van der Waals surface area contributed by atoms with Gasteiger partial charge in [0.2, 0.25) is 0 Å². The normalized spacial score (nSPS) is 12.4. The summed E-state index contributed by atoms with van der Waals surface area (Å²) in [5, 5.41) is 3.41. The largest absolute Gasteiger partial charge is 0.300 e. The van der Waals surface area contributed by atoms with Crippen molar-refractivity contribution < 1.29 is 0 Å². The molecule has 0 aliphatic rings. The van der Waals surface area contributed by atoms with E-state index < -0.39 is 0 Å². The number of rotatable bonds is 7. The highest BCUT2D eigenvalue weighted by atomic mass is 14.9. The molecule has 0 saturated carbocycles. The Morgan fingerprint density at radius 3 is 2.28 bits per heavy atom. The first-order valence-electron chi connectivity index (χ1n) is 6.93. The maximum atomic E-state index is 5.49. The van der Waals surface area contributed by atoms with E-state index >= 15 is 0 Å². The molecule has 0 bridgehead atoms. The lowest BCUT2D eigenvalue weighted by atomic mass is 10.0. The molecule has 98 valence electrons. The van der Waals surface area contributed by atoms with Gasteiger partial charge in [0.1, 0.15) is 0 Å². The fraction of sp³-hybridized carbons (Fsp3) is 0.529. The summed E-state index contributed by atoms with van der Waals surface area (Å²) in [7, 11) is 0. The fourth-order valence-electron chi connectivity index (χ4n) is 2.04. The third-order valence-corrected chi connectivity index (χ3v) is 3.00. The zero-order valence-electron chi connectivity index (χ0n) is 11.9. The van der Waals surface area contributed by atoms with Gasteiger partial charge in [0.05, 0.1) is 6.04 Å². The van der Waals surface area contributed by atoms with Gasteiger partial charge in [-0.1, -0.05) is 57.4 Å². The van der Waals surface area contributed by atoms with Crippen LogP contribution in [0.2, 0.25) is 0 Å². The smallest absolute Gasteiger partial charge is 0.0689 e. The maximum absolute atomic E-state index is 5.49. The molecule has 18 heavy (non-hydrogen) atoms. The minimum atomic E-state index is 0.199. The first-order chi connectivity index (χ1) is 8.65. The number of hydrogen-bond donors (Lipinski definition) is 1. The highest BCUT2D eigenvalue weighted by molar-refractivity contribution is 5.23. The van der Waals surface area contributed by atoms with Crippen LogP contribution >= 0.6 is 0 Å². The molecule has 0 fully saturated rings. The predicted molar refractivity (Wildman–Crippen MR) is 79.4 cm³/mol. The molecular weight excluding hydrogens is 218 g/mol. The number of hydrogen-bond acceptors (Lipinski definition) is 1. The summed E-state index contributed by atoms with van der Waals surface area (Å²) in [6.07, 6.45) is 8.80. The molecule has 0 aromatic heterocycles. The first kappa shape index (κ1) is 14.8. The van der Waals surface area contributed by atoms with E-state index in [1.54, 1.807) is 0 Å². The Balaban J connectivity index is 2.46. The standard InChI is InChI=1S/C17H25N/c1-5-7-17(6-2)18-13-16-10-8-15(9-11-16)12-14(3)4/h2,8-11,14,17-18H,5,7,12-13H2,1,3-4H3. The molecule has 1 aromatic carbocycles. The highest BCUT2D eigenvalue weighted by Crippen LogP contribution is 2.10. The van der Waals surface area contributed by atoms with Crippen molar-refractivity contribution in [2.24, 2.45) is 5.92 Å². The minimum Gasteiger partial charge on any atom is -0.300 e. The van der Waals surface area contributed by atoms with Crippen LogP contribution in [0.3, 0.4) is 0 Å². The molecule has 0 aliphatic heterocycles. The van der Waals surface area contributed by atoms with Crippen molar-refractivity contribution in [3.8, 4) is 12.3 Å². The van der Waals surface area contributed by atoms with Gasteiger partial charge in [-0.05, 0) is 29.9 Å². The summed E-state index contributed by atoms with van der Waals surface area (Å²) in [4.78, 5) is 0. The Morgan fingerprint density at radius 2 is 1.78 bits per heavy atom. The quantitative estimate of drug-likeness (QED) is 0.719. The molecule has 0 aliphatic carbocycles. The monoisotopic (exact) mass is 243 g/mol. The van der Waals surface area contributed by atoms with Gasteiger partial charge in [0.25, 0.3) is 0 Å². The average molecular weight is 243 g/mol. The highest BCUT2D eigenvalue weighted by Gasteiger charge is 2.03. The van der Waals surface area contributed by atoms with Crippen molar-refractivity contribution in [1.29, 1.82) is 0 Å². The van der Waals surface area contributed by atoms with Gasteiger partial charge in [-0.15, -0.1) is 6.42 Å². The maximum Gasteiger partial charge on any atom is 0.0689 e. The summed E-state index contributed by atoms with van der Waals surface area (Å²) in [5.41, 5.74) is 2.72. The van der Waals surface area contributed by atoms with E-state index in [1.807, 2.05) is 0 Å². The molecule has 1 heteroatoms. The first-order valence-corrected chi connectivity index (χ1v) is 6.93. The van der Waals surface area contributed by atoms with Crippen LogP contribution in [0.4, 0.5) is 0 Å². The Kier molecular flexibility index (Phi) is 6.54. The third kappa shape index (κ3) is 5.38. The summed E-state index contributed by atoms with van der Waals surface area (Å²) in [5.74, 6) is 3.51. The van der Waals surface area contributed by atoms with Crippen LogP contribution in [-0.4, -0.2) is 6.04 Å². The zero-order valence-corrected chi connectivity index (χ0v) is 11.9. The molecule has 0 amide bonds. The van der Waals surface area contributed by atoms with Crippen LogP contribution in [0.15, 0.2) is 24.3 Å². The van der Waals surface area contributed by atoms with Crippen LogP contribution in [0.5, 0.6) is 0 Å². The lowest BCUT2D eigenvalue weighted by molar-refractivity contribution is 0.563. The van der Waals surface area contributed by atoms with E-state index in [2.05, 4.69) is 56.3 Å². The SMILES string of the molecule is C#CC(CCC)NCc1ccc(CC(C)C)cc1. The van der Waals surface area contributed by atoms with Crippen molar-refractivity contribution in [3.63, 3.8) is 0 Å². The van der Waals surface area contributed by atoms with Gasteiger partial charge >= 0.3 is 0 Å². The average Bonchev–Trinajstić information content (AvgIpc) is 2.35. The topological polar surface area (TPSA) is 12.0 Å². The van der Waals surface area contributed by atoms with E-state index in [-0.39, 0.29) is 6.04 Å². The lowest BCUT2D eigenvalue weighted by Gasteiger charge is -2.12. The molecule has 0 spiro atoms. The molecule has 1 atom stereocenters. The van der Waals surface area contributed by atoms with Crippen molar-refractivity contribution in [2.45, 2.75) is 52.6 Å². The van der Waals surface area contributed by atoms with Crippen LogP contribution in [0.25, 0.3) is 0 Å². The Hall–Kier alpha value is -1.26. The molecule has 1 unspecified atom stereocenters. The Labute approximate surface area is 112 Å². The fourth-order valence-corrected chi connectivity index (χ4v) is 2.04. The van der Waals surface area contributed by atoms with E-state index in [4.69, 9.17) is 6.42 Å². The molecule has 1 nitrogen and oxygen atoms in total. The van der Waals surface area contributed by atoms with Gasteiger partial charge in [0, 0.05) is 6.54 Å². The second-order valence-corrected chi connectivity index (χ2v) is 5.30. The van der Waals surface area contributed by atoms with Crippen molar-refractivity contribution in [1.82, 2.24) is 5.32 Å². The van der Waals surface area contributed by atoms with Gasteiger partial charge in [-0.3, -0.25) is 5.32 Å². The van der Waals surface area contributed by atoms with E-state index in [0.29, 0.717) is 5.92 Å². The molecule has 1 aromatic rings. The Bertz CT molecular complexity index is 370. The molecular formula is C17H25N. The third-order valence-electron chi connectivity index (χ3n) is 3.00.